The molecule has 0 aromatic heterocycles. The van der Waals surface area contributed by atoms with Crippen molar-refractivity contribution in [2.45, 2.75) is 111 Å². The number of piperidine rings is 1. The van der Waals surface area contributed by atoms with E-state index in [4.69, 9.17) is 0 Å². The second-order valence-corrected chi connectivity index (χ2v) is 17.6. The largest absolute Gasteiger partial charge is 0.478 e. The fourth-order valence-corrected chi connectivity index (χ4v) is 13.1. The van der Waals surface area contributed by atoms with E-state index in [9.17, 15) is 23.5 Å². The molecule has 258 valence electrons. The second kappa shape index (κ2) is 11.7. The Hall–Kier alpha value is -2.28. The number of aromatic carboxylic acids is 1. The molecule has 0 radical (unpaired) electrons. The van der Waals surface area contributed by atoms with E-state index in [1.807, 2.05) is 12.1 Å². The summed E-state index contributed by atoms with van der Waals surface area (Å²) in [7, 11) is 0. The average molecular weight is 651 g/mol. The number of carboxylic acid groups (broad SMARTS) is 1. The summed E-state index contributed by atoms with van der Waals surface area (Å²) in [6.07, 6.45) is 13.8. The number of hydrogen-bond donors (Lipinski definition) is 2. The maximum absolute atomic E-state index is 14.0. The molecular formula is C40H56F2N2O3. The zero-order valence-electron chi connectivity index (χ0n) is 29.1. The molecule has 6 aliphatic rings. The van der Waals surface area contributed by atoms with Crippen LogP contribution in [0.2, 0.25) is 0 Å². The lowest BCUT2D eigenvalue weighted by Gasteiger charge is -2.68. The molecule has 2 N–H and O–H groups in total. The number of carbonyl (C=O) groups is 2. The van der Waals surface area contributed by atoms with E-state index in [-0.39, 0.29) is 40.4 Å². The Morgan fingerprint density at radius 1 is 0.851 bits per heavy atom. The Balaban J connectivity index is 1.06. The van der Waals surface area contributed by atoms with Gasteiger partial charge >= 0.3 is 5.97 Å². The quantitative estimate of drug-likeness (QED) is 0.323. The Morgan fingerprint density at radius 2 is 1.57 bits per heavy atom. The molecule has 7 rings (SSSR count). The van der Waals surface area contributed by atoms with Crippen LogP contribution >= 0.6 is 0 Å². The predicted molar refractivity (Wildman–Crippen MR) is 181 cm³/mol. The van der Waals surface area contributed by atoms with E-state index in [2.05, 4.69) is 44.0 Å². The van der Waals surface area contributed by atoms with Gasteiger partial charge in [-0.05, 0) is 127 Å². The van der Waals surface area contributed by atoms with Gasteiger partial charge in [-0.2, -0.15) is 0 Å². The summed E-state index contributed by atoms with van der Waals surface area (Å²) in [6.45, 7) is 12.1. The van der Waals surface area contributed by atoms with Gasteiger partial charge in [0.2, 0.25) is 5.91 Å². The molecular weight excluding hydrogens is 594 g/mol. The minimum atomic E-state index is -2.54. The summed E-state index contributed by atoms with van der Waals surface area (Å²) in [5.41, 5.74) is 3.09. The smallest absolute Gasteiger partial charge is 0.335 e. The van der Waals surface area contributed by atoms with E-state index < -0.39 is 11.9 Å². The third-order valence-electron chi connectivity index (χ3n) is 15.3. The number of rotatable bonds is 6. The molecule has 7 heteroatoms. The monoisotopic (exact) mass is 650 g/mol. The van der Waals surface area contributed by atoms with Crippen molar-refractivity contribution < 1.29 is 23.5 Å². The molecule has 47 heavy (non-hydrogen) atoms. The van der Waals surface area contributed by atoms with Crippen molar-refractivity contribution in [2.24, 2.45) is 51.2 Å². The zero-order chi connectivity index (χ0) is 33.4. The van der Waals surface area contributed by atoms with Crippen LogP contribution in [-0.2, 0) is 4.79 Å². The zero-order valence-corrected chi connectivity index (χ0v) is 29.1. The van der Waals surface area contributed by atoms with Gasteiger partial charge in [-0.3, -0.25) is 4.79 Å². The Bertz CT molecular complexity index is 1410. The normalized spacial score (nSPS) is 40.6. The molecule has 1 heterocycles. The molecule has 1 aliphatic heterocycles. The first-order valence-electron chi connectivity index (χ1n) is 18.6. The number of carboxylic acids is 1. The molecule has 1 amide bonds. The number of halogens is 2. The maximum atomic E-state index is 14.0. The fraction of sp³-hybridized carbons (Fsp3) is 0.750. The Labute approximate surface area is 280 Å². The molecule has 5 fully saturated rings. The molecule has 5 aliphatic carbocycles. The van der Waals surface area contributed by atoms with Crippen molar-refractivity contribution in [1.29, 1.82) is 0 Å². The number of nitrogens with zero attached hydrogens (tertiary/aromatic N) is 1. The SMILES string of the molecule is CC1(C)C(c2ccc(C(=O)O)cc2)=CC[C@@]2(C)C1CC[C@@]1(C)C3CC[C@@]4(C(=O)NCCN5CCC(F)(F)CC5)CCCC4[C@H]3CCC12. The van der Waals surface area contributed by atoms with E-state index in [1.54, 1.807) is 12.1 Å². The number of amides is 1. The molecule has 0 bridgehead atoms. The van der Waals surface area contributed by atoms with Crippen LogP contribution in [-0.4, -0.2) is 54.0 Å². The Morgan fingerprint density at radius 3 is 2.28 bits per heavy atom. The lowest BCUT2D eigenvalue weighted by Crippen LogP contribution is -2.62. The molecule has 5 nitrogen and oxygen atoms in total. The van der Waals surface area contributed by atoms with Crippen molar-refractivity contribution in [1.82, 2.24) is 10.2 Å². The number of hydrogen-bond acceptors (Lipinski definition) is 3. The van der Waals surface area contributed by atoms with Crippen molar-refractivity contribution in [3.8, 4) is 0 Å². The van der Waals surface area contributed by atoms with Crippen LogP contribution in [0.4, 0.5) is 8.78 Å². The van der Waals surface area contributed by atoms with Gasteiger partial charge in [0.1, 0.15) is 0 Å². The fourth-order valence-electron chi connectivity index (χ4n) is 13.1. The number of alkyl halides is 2. The first-order chi connectivity index (χ1) is 22.2. The van der Waals surface area contributed by atoms with Crippen molar-refractivity contribution >= 4 is 17.4 Å². The van der Waals surface area contributed by atoms with Crippen molar-refractivity contribution in [3.63, 3.8) is 0 Å². The van der Waals surface area contributed by atoms with Gasteiger partial charge in [-0.25, -0.2) is 13.6 Å². The lowest BCUT2D eigenvalue weighted by atomic mass is 9.36. The summed E-state index contributed by atoms with van der Waals surface area (Å²) in [4.78, 5) is 27.6. The minimum absolute atomic E-state index is 0.00372. The number of benzene rings is 1. The number of allylic oxidation sites excluding steroid dienone is 2. The van der Waals surface area contributed by atoms with E-state index in [1.165, 1.54) is 31.3 Å². The van der Waals surface area contributed by atoms with Gasteiger partial charge < -0.3 is 15.3 Å². The van der Waals surface area contributed by atoms with Crippen LogP contribution in [0.5, 0.6) is 0 Å². The van der Waals surface area contributed by atoms with Crippen LogP contribution in [0.1, 0.15) is 121 Å². The third-order valence-corrected chi connectivity index (χ3v) is 15.3. The highest BCUT2D eigenvalue weighted by Gasteiger charge is 2.66. The van der Waals surface area contributed by atoms with Crippen LogP contribution in [0, 0.1) is 51.2 Å². The first-order valence-corrected chi connectivity index (χ1v) is 18.6. The van der Waals surface area contributed by atoms with Gasteiger partial charge in [0, 0.05) is 39.0 Å². The second-order valence-electron chi connectivity index (χ2n) is 17.6. The van der Waals surface area contributed by atoms with Crippen molar-refractivity contribution in [2.75, 3.05) is 26.2 Å². The first kappa shape index (κ1) is 33.2. The molecule has 1 aromatic rings. The third kappa shape index (κ3) is 5.31. The minimum Gasteiger partial charge on any atom is -0.478 e. The van der Waals surface area contributed by atoms with E-state index >= 15 is 0 Å². The summed E-state index contributed by atoms with van der Waals surface area (Å²) in [5, 5.41) is 12.7. The number of fused-ring (bicyclic) bond motifs is 7. The van der Waals surface area contributed by atoms with Crippen LogP contribution in [0.25, 0.3) is 5.57 Å². The molecule has 8 atom stereocenters. The summed E-state index contributed by atoms with van der Waals surface area (Å²) < 4.78 is 27.2. The van der Waals surface area contributed by atoms with Gasteiger partial charge in [0.05, 0.1) is 11.0 Å². The summed E-state index contributed by atoms with van der Waals surface area (Å²) >= 11 is 0. The van der Waals surface area contributed by atoms with E-state index in [0.29, 0.717) is 61.3 Å². The Kier molecular flexibility index (Phi) is 8.24. The molecule has 0 spiro atoms. The molecule has 1 saturated heterocycles. The van der Waals surface area contributed by atoms with Crippen LogP contribution in [0.15, 0.2) is 30.3 Å². The van der Waals surface area contributed by atoms with Gasteiger partial charge in [-0.15, -0.1) is 0 Å². The summed E-state index contributed by atoms with van der Waals surface area (Å²) in [6, 6.07) is 7.48. The topological polar surface area (TPSA) is 69.6 Å². The number of nitrogens with one attached hydrogen (secondary N) is 1. The average Bonchev–Trinajstić information content (AvgIpc) is 3.48. The predicted octanol–water partition coefficient (Wildman–Crippen LogP) is 8.69. The maximum Gasteiger partial charge on any atom is 0.335 e. The highest BCUT2D eigenvalue weighted by atomic mass is 19.3. The van der Waals surface area contributed by atoms with E-state index in [0.717, 1.165) is 44.1 Å². The van der Waals surface area contributed by atoms with Gasteiger partial charge in [0.25, 0.3) is 5.92 Å². The lowest BCUT2D eigenvalue weighted by molar-refractivity contribution is -0.181. The number of likely N-dealkylation sites (tertiary alicyclic amines) is 1. The molecule has 4 saturated carbocycles. The van der Waals surface area contributed by atoms with Crippen molar-refractivity contribution in [3.05, 3.63) is 41.5 Å². The highest BCUT2D eigenvalue weighted by Crippen LogP contribution is 2.73. The standard InChI is InChI=1S/C40H56F2N2O3/c1-36(2)29(26-7-9-27(10-8-26)34(45)46)13-17-38(4)32(36)15-18-37(3)30-14-19-39(16-5-6-31(39)28(30)11-12-33(37)38)35(47)43-22-25-44-23-20-40(41,42)21-24-44/h7-10,13,28,30-33H,5-6,11-12,14-25H2,1-4H3,(H,43,47)(H,45,46)/t28-,30?,31?,32?,33?,37-,38-,39-/m0/s1. The van der Waals surface area contributed by atoms with Crippen LogP contribution < -0.4 is 5.32 Å². The van der Waals surface area contributed by atoms with Gasteiger partial charge in [-0.1, -0.05) is 52.3 Å². The van der Waals surface area contributed by atoms with Crippen LogP contribution in [0.3, 0.4) is 0 Å². The molecule has 4 unspecified atom stereocenters. The number of carbonyl (C=O) groups excluding carboxylic acids is 1. The van der Waals surface area contributed by atoms with Gasteiger partial charge in [0.15, 0.2) is 0 Å². The highest BCUT2D eigenvalue weighted by molar-refractivity contribution is 5.88. The molecule has 1 aromatic carbocycles. The summed E-state index contributed by atoms with van der Waals surface area (Å²) in [5.74, 6) is -0.228.